The maximum absolute atomic E-state index is 12.4. The van der Waals surface area contributed by atoms with Gasteiger partial charge in [0.1, 0.15) is 5.60 Å². The van der Waals surface area contributed by atoms with Gasteiger partial charge in [-0.25, -0.2) is 4.79 Å². The molecule has 0 radical (unpaired) electrons. The first-order valence-corrected chi connectivity index (χ1v) is 7.69. The maximum atomic E-state index is 12.4. The summed E-state index contributed by atoms with van der Waals surface area (Å²) in [5.74, 6) is 0. The van der Waals surface area contributed by atoms with Gasteiger partial charge in [-0.15, -0.1) is 0 Å². The molecule has 5 nitrogen and oxygen atoms in total. The lowest BCUT2D eigenvalue weighted by Gasteiger charge is -2.37. The molecule has 2 rings (SSSR count). The van der Waals surface area contributed by atoms with Crippen LogP contribution in [0.15, 0.2) is 24.3 Å². The highest BCUT2D eigenvalue weighted by atomic mass is 16.6. The number of hydrogen-bond donors (Lipinski definition) is 1. The highest BCUT2D eigenvalue weighted by Gasteiger charge is 2.31. The van der Waals surface area contributed by atoms with Gasteiger partial charge >= 0.3 is 6.09 Å². The van der Waals surface area contributed by atoms with E-state index in [9.17, 15) is 4.79 Å². The molecule has 0 bridgehead atoms. The minimum atomic E-state index is -0.477. The van der Waals surface area contributed by atoms with E-state index in [1.807, 2.05) is 37.8 Å². The van der Waals surface area contributed by atoms with Gasteiger partial charge in [-0.3, -0.25) is 4.90 Å². The van der Waals surface area contributed by atoms with E-state index in [4.69, 9.17) is 9.47 Å². The molecule has 1 unspecified atom stereocenters. The van der Waals surface area contributed by atoms with E-state index in [0.717, 1.165) is 24.2 Å². The molecular weight excluding hydrogens is 280 g/mol. The van der Waals surface area contributed by atoms with Gasteiger partial charge in [0.15, 0.2) is 0 Å². The van der Waals surface area contributed by atoms with Crippen LogP contribution in [0.1, 0.15) is 37.9 Å². The molecule has 22 heavy (non-hydrogen) atoms. The number of nitrogens with zero attached hydrogens (tertiary/aromatic N) is 1. The number of benzene rings is 1. The molecule has 5 heteroatoms. The first-order chi connectivity index (χ1) is 10.4. The first-order valence-electron chi connectivity index (χ1n) is 7.69. The molecule has 1 aliphatic rings. The predicted octanol–water partition coefficient (Wildman–Crippen LogP) is 2.71. The molecule has 1 aromatic carbocycles. The zero-order chi connectivity index (χ0) is 16.2. The topological polar surface area (TPSA) is 50.8 Å². The van der Waals surface area contributed by atoms with Crippen LogP contribution >= 0.6 is 0 Å². The molecule has 1 aliphatic heterocycles. The summed E-state index contributed by atoms with van der Waals surface area (Å²) in [5.41, 5.74) is 1.76. The summed E-state index contributed by atoms with van der Waals surface area (Å²) < 4.78 is 10.7. The van der Waals surface area contributed by atoms with Crippen LogP contribution in [0.2, 0.25) is 0 Å². The lowest BCUT2D eigenvalue weighted by molar-refractivity contribution is 0.0118. The Morgan fingerprint density at radius 3 is 2.59 bits per heavy atom. The van der Waals surface area contributed by atoms with Crippen molar-refractivity contribution in [3.05, 3.63) is 35.4 Å². The minimum Gasteiger partial charge on any atom is -0.444 e. The van der Waals surface area contributed by atoms with Crippen molar-refractivity contribution in [1.29, 1.82) is 0 Å². The number of methoxy groups -OCH3 is 1. The molecule has 1 aromatic rings. The molecule has 122 valence electrons. The van der Waals surface area contributed by atoms with E-state index in [1.54, 1.807) is 7.11 Å². The third-order valence-electron chi connectivity index (χ3n) is 3.55. The lowest BCUT2D eigenvalue weighted by Crippen LogP contribution is -2.50. The van der Waals surface area contributed by atoms with Gasteiger partial charge in [0.2, 0.25) is 0 Å². The molecule has 0 saturated carbocycles. The molecule has 1 heterocycles. The van der Waals surface area contributed by atoms with Crippen LogP contribution in [0.5, 0.6) is 0 Å². The van der Waals surface area contributed by atoms with Crippen molar-refractivity contribution >= 4 is 6.09 Å². The Kier molecular flexibility index (Phi) is 5.42. The fraction of sp³-hybridized carbons (Fsp3) is 0.588. The normalized spacial score (nSPS) is 19.1. The molecule has 1 fully saturated rings. The molecule has 1 N–H and O–H groups in total. The summed E-state index contributed by atoms with van der Waals surface area (Å²) in [6.45, 7) is 8.45. The number of piperazine rings is 1. The average molecular weight is 306 g/mol. The average Bonchev–Trinajstić information content (AvgIpc) is 2.47. The second kappa shape index (κ2) is 7.11. The number of nitrogens with one attached hydrogen (secondary N) is 1. The zero-order valence-corrected chi connectivity index (χ0v) is 13.9. The Balaban J connectivity index is 2.13. The van der Waals surface area contributed by atoms with Gasteiger partial charge in [-0.05, 0) is 31.9 Å². The van der Waals surface area contributed by atoms with Crippen molar-refractivity contribution < 1.29 is 14.3 Å². The van der Waals surface area contributed by atoms with E-state index >= 15 is 0 Å². The van der Waals surface area contributed by atoms with Crippen LogP contribution in [0.25, 0.3) is 0 Å². The van der Waals surface area contributed by atoms with E-state index in [-0.39, 0.29) is 12.1 Å². The standard InChI is InChI=1S/C17H26N2O3/c1-17(2,3)22-16(20)19-10-9-18-11-15(19)14-7-5-13(6-8-14)12-21-4/h5-8,15,18H,9-12H2,1-4H3. The number of amides is 1. The van der Waals surface area contributed by atoms with Gasteiger partial charge in [0, 0.05) is 26.7 Å². The molecule has 0 aromatic heterocycles. The Morgan fingerprint density at radius 1 is 1.32 bits per heavy atom. The molecule has 0 spiro atoms. The van der Waals surface area contributed by atoms with Crippen molar-refractivity contribution in [2.24, 2.45) is 0 Å². The van der Waals surface area contributed by atoms with Crippen molar-refractivity contribution in [3.8, 4) is 0 Å². The minimum absolute atomic E-state index is 0.000180. The summed E-state index contributed by atoms with van der Waals surface area (Å²) in [7, 11) is 1.68. The third-order valence-corrected chi connectivity index (χ3v) is 3.55. The number of carbonyl (C=O) groups is 1. The van der Waals surface area contributed by atoms with Crippen LogP contribution in [-0.4, -0.2) is 43.3 Å². The first kappa shape index (κ1) is 16.8. The van der Waals surface area contributed by atoms with Gasteiger partial charge in [-0.1, -0.05) is 24.3 Å². The van der Waals surface area contributed by atoms with Gasteiger partial charge in [0.05, 0.1) is 12.6 Å². The Bertz CT molecular complexity index is 494. The van der Waals surface area contributed by atoms with Crippen molar-refractivity contribution in [1.82, 2.24) is 10.2 Å². The summed E-state index contributed by atoms with van der Waals surface area (Å²) in [5, 5.41) is 3.35. The molecule has 1 atom stereocenters. The number of ether oxygens (including phenoxy) is 2. The van der Waals surface area contributed by atoms with Crippen molar-refractivity contribution in [2.75, 3.05) is 26.7 Å². The second-order valence-corrected chi connectivity index (χ2v) is 6.57. The Hall–Kier alpha value is -1.59. The van der Waals surface area contributed by atoms with Gasteiger partial charge in [0.25, 0.3) is 0 Å². The molecule has 0 aliphatic carbocycles. The monoisotopic (exact) mass is 306 g/mol. The highest BCUT2D eigenvalue weighted by Crippen LogP contribution is 2.25. The van der Waals surface area contributed by atoms with Crippen molar-refractivity contribution in [2.45, 2.75) is 39.0 Å². The summed E-state index contributed by atoms with van der Waals surface area (Å²) >= 11 is 0. The second-order valence-electron chi connectivity index (χ2n) is 6.57. The molecule has 1 amide bonds. The molecule has 1 saturated heterocycles. The Labute approximate surface area is 132 Å². The fourth-order valence-electron chi connectivity index (χ4n) is 2.54. The van der Waals surface area contributed by atoms with Gasteiger partial charge < -0.3 is 14.8 Å². The van der Waals surface area contributed by atoms with Crippen LogP contribution in [0.3, 0.4) is 0 Å². The van der Waals surface area contributed by atoms with E-state index in [1.165, 1.54) is 0 Å². The summed E-state index contributed by atoms with van der Waals surface area (Å²) in [6.07, 6.45) is -0.250. The van der Waals surface area contributed by atoms with Crippen LogP contribution in [0, 0.1) is 0 Å². The van der Waals surface area contributed by atoms with E-state index in [0.29, 0.717) is 13.2 Å². The quantitative estimate of drug-likeness (QED) is 0.933. The summed E-state index contributed by atoms with van der Waals surface area (Å²) in [4.78, 5) is 14.2. The number of hydrogen-bond acceptors (Lipinski definition) is 4. The maximum Gasteiger partial charge on any atom is 0.410 e. The van der Waals surface area contributed by atoms with E-state index < -0.39 is 5.60 Å². The number of carbonyl (C=O) groups excluding carboxylic acids is 1. The predicted molar refractivity (Wildman–Crippen MR) is 85.7 cm³/mol. The lowest BCUT2D eigenvalue weighted by atomic mass is 10.0. The molecular formula is C17H26N2O3. The fourth-order valence-corrected chi connectivity index (χ4v) is 2.54. The van der Waals surface area contributed by atoms with Gasteiger partial charge in [-0.2, -0.15) is 0 Å². The SMILES string of the molecule is COCc1ccc(C2CNCCN2C(=O)OC(C)(C)C)cc1. The third kappa shape index (κ3) is 4.45. The van der Waals surface area contributed by atoms with Crippen LogP contribution in [-0.2, 0) is 16.1 Å². The highest BCUT2D eigenvalue weighted by molar-refractivity contribution is 5.69. The smallest absolute Gasteiger partial charge is 0.410 e. The van der Waals surface area contributed by atoms with Crippen LogP contribution in [0.4, 0.5) is 4.79 Å². The van der Waals surface area contributed by atoms with Crippen LogP contribution < -0.4 is 5.32 Å². The van der Waals surface area contributed by atoms with Crippen molar-refractivity contribution in [3.63, 3.8) is 0 Å². The van der Waals surface area contributed by atoms with E-state index in [2.05, 4.69) is 17.4 Å². The zero-order valence-electron chi connectivity index (χ0n) is 13.9. The Morgan fingerprint density at radius 2 is 2.00 bits per heavy atom. The summed E-state index contributed by atoms with van der Waals surface area (Å²) in [6, 6.07) is 8.20. The largest absolute Gasteiger partial charge is 0.444 e. The number of rotatable bonds is 3.